The van der Waals surface area contributed by atoms with Gasteiger partial charge in [-0.15, -0.1) is 0 Å². The van der Waals surface area contributed by atoms with E-state index < -0.39 is 5.60 Å². The van der Waals surface area contributed by atoms with E-state index >= 15 is 0 Å². The largest absolute Gasteiger partial charge is 0.444 e. The molecule has 3 saturated heterocycles. The van der Waals surface area contributed by atoms with Crippen LogP contribution >= 0.6 is 0 Å². The van der Waals surface area contributed by atoms with Gasteiger partial charge in [-0.25, -0.2) is 4.79 Å². The highest BCUT2D eigenvalue weighted by Gasteiger charge is 2.30. The van der Waals surface area contributed by atoms with Crippen LogP contribution in [0.1, 0.15) is 26.5 Å². The minimum atomic E-state index is -0.397. The van der Waals surface area contributed by atoms with Gasteiger partial charge in [-0.05, 0) is 32.9 Å². The van der Waals surface area contributed by atoms with Gasteiger partial charge in [-0.2, -0.15) is 0 Å². The Morgan fingerprint density at radius 3 is 2.30 bits per heavy atom. The summed E-state index contributed by atoms with van der Waals surface area (Å²) >= 11 is 0. The molecule has 1 aromatic rings. The van der Waals surface area contributed by atoms with Crippen LogP contribution in [0.4, 0.5) is 4.79 Å². The normalized spacial score (nSPS) is 21.4. The first-order chi connectivity index (χ1) is 14.4. The average Bonchev–Trinajstić information content (AvgIpc) is 2.68. The molecule has 0 saturated carbocycles. The van der Waals surface area contributed by atoms with Gasteiger partial charge in [0.1, 0.15) is 5.60 Å². The van der Waals surface area contributed by atoms with Gasteiger partial charge in [0.2, 0.25) is 0 Å². The Kier molecular flexibility index (Phi) is 8.44. The first-order valence-corrected chi connectivity index (χ1v) is 11.2. The number of nitrogens with one attached hydrogen (secondary N) is 2. The van der Waals surface area contributed by atoms with E-state index in [4.69, 9.17) is 4.74 Å². The van der Waals surface area contributed by atoms with Crippen LogP contribution < -0.4 is 10.6 Å². The van der Waals surface area contributed by atoms with Gasteiger partial charge in [0, 0.05) is 84.2 Å². The maximum atomic E-state index is 11.8. The molecule has 0 atom stereocenters. The van der Waals surface area contributed by atoms with E-state index in [1.807, 2.05) is 44.0 Å². The first kappa shape index (κ1) is 22.9. The molecule has 0 bridgehead atoms. The number of pyridine rings is 1. The van der Waals surface area contributed by atoms with Crippen LogP contribution in [-0.4, -0.2) is 103 Å². The van der Waals surface area contributed by atoms with Crippen LogP contribution in [-0.2, 0) is 11.3 Å². The van der Waals surface area contributed by atoms with Gasteiger partial charge in [-0.3, -0.25) is 14.8 Å². The summed E-state index contributed by atoms with van der Waals surface area (Å²) in [5.41, 5.74) is 0.774. The zero-order valence-corrected chi connectivity index (χ0v) is 18.8. The summed E-state index contributed by atoms with van der Waals surface area (Å²) in [6.45, 7) is 16.9. The molecule has 168 valence electrons. The zero-order chi connectivity index (χ0) is 21.4. The number of carbonyl (C=O) groups excluding carboxylic acids is 1. The zero-order valence-electron chi connectivity index (χ0n) is 18.8. The van der Waals surface area contributed by atoms with Crippen LogP contribution in [0, 0.1) is 0 Å². The van der Waals surface area contributed by atoms with E-state index in [1.165, 1.54) is 5.69 Å². The molecule has 0 radical (unpaired) electrons. The van der Waals surface area contributed by atoms with Crippen molar-refractivity contribution >= 4 is 6.09 Å². The second kappa shape index (κ2) is 11.0. The van der Waals surface area contributed by atoms with Crippen LogP contribution in [0.3, 0.4) is 0 Å². The Hall–Kier alpha value is -1.74. The molecule has 4 rings (SSSR count). The van der Waals surface area contributed by atoms with Gasteiger partial charge in [0.15, 0.2) is 0 Å². The maximum Gasteiger partial charge on any atom is 0.410 e. The highest BCUT2D eigenvalue weighted by Crippen LogP contribution is 2.14. The minimum absolute atomic E-state index is 0.177. The lowest BCUT2D eigenvalue weighted by molar-refractivity contribution is 0.00724. The molecule has 30 heavy (non-hydrogen) atoms. The summed E-state index contributed by atoms with van der Waals surface area (Å²) in [6, 6.07) is 6.77. The number of nitrogens with zero attached hydrogens (tertiary/aromatic N) is 4. The molecule has 0 aromatic carbocycles. The fraction of sp³-hybridized carbons (Fsp3) is 0.727. The fourth-order valence-corrected chi connectivity index (χ4v) is 3.72. The van der Waals surface area contributed by atoms with Crippen LogP contribution in [0.25, 0.3) is 0 Å². The Morgan fingerprint density at radius 1 is 1.07 bits per heavy atom. The van der Waals surface area contributed by atoms with Crippen molar-refractivity contribution in [2.24, 2.45) is 0 Å². The van der Waals surface area contributed by atoms with E-state index in [-0.39, 0.29) is 6.09 Å². The third-order valence-electron chi connectivity index (χ3n) is 5.56. The lowest BCUT2D eigenvalue weighted by atomic mass is 10.1. The molecule has 3 aliphatic rings. The average molecular weight is 419 g/mol. The maximum absolute atomic E-state index is 11.8. The molecule has 1 aromatic heterocycles. The second-order valence-corrected chi connectivity index (χ2v) is 9.16. The summed E-state index contributed by atoms with van der Waals surface area (Å²) in [7, 11) is 0. The van der Waals surface area contributed by atoms with Crippen molar-refractivity contribution in [3.8, 4) is 0 Å². The van der Waals surface area contributed by atoms with Crippen LogP contribution in [0.5, 0.6) is 0 Å². The van der Waals surface area contributed by atoms with Gasteiger partial charge in [-0.1, -0.05) is 6.07 Å². The quantitative estimate of drug-likeness (QED) is 0.759. The summed E-state index contributed by atoms with van der Waals surface area (Å²) < 4.78 is 5.37. The lowest BCUT2D eigenvalue weighted by Crippen LogP contribution is -2.62. The summed E-state index contributed by atoms with van der Waals surface area (Å²) in [6.07, 6.45) is 1.68. The molecule has 8 heteroatoms. The standard InChI is InChI=1S/C12H23N3O2.C10H15N3/c1-12(2,3)17-11(16)15-6-4-14(5-7-15)10-8-13-9-10;1-2-4-12-10(3-1)9-13-7-5-11-6-8-13/h10,13H,4-9H2,1-3H3;1-4,11H,5-9H2. The third kappa shape index (κ3) is 7.50. The Labute approximate surface area is 180 Å². The van der Waals surface area contributed by atoms with Gasteiger partial charge in [0.25, 0.3) is 0 Å². The number of aromatic nitrogens is 1. The monoisotopic (exact) mass is 418 g/mol. The predicted octanol–water partition coefficient (Wildman–Crippen LogP) is 0.998. The molecule has 0 aliphatic carbocycles. The Balaban J connectivity index is 0.000000177. The fourth-order valence-electron chi connectivity index (χ4n) is 3.72. The number of carbonyl (C=O) groups is 1. The van der Waals surface area contributed by atoms with Gasteiger partial charge in [0.05, 0.1) is 5.69 Å². The van der Waals surface area contributed by atoms with E-state index in [0.717, 1.165) is 72.0 Å². The molecule has 1 amide bonds. The topological polar surface area (TPSA) is 73.0 Å². The highest BCUT2D eigenvalue weighted by atomic mass is 16.6. The number of rotatable bonds is 3. The van der Waals surface area contributed by atoms with Gasteiger partial charge >= 0.3 is 6.09 Å². The molecule has 4 heterocycles. The van der Waals surface area contributed by atoms with E-state index in [1.54, 1.807) is 0 Å². The lowest BCUT2D eigenvalue weighted by Gasteiger charge is -2.43. The van der Waals surface area contributed by atoms with Crippen LogP contribution in [0.2, 0.25) is 0 Å². The summed E-state index contributed by atoms with van der Waals surface area (Å²) in [5, 5.41) is 6.62. The number of amides is 1. The highest BCUT2D eigenvalue weighted by molar-refractivity contribution is 5.68. The predicted molar refractivity (Wildman–Crippen MR) is 118 cm³/mol. The SMILES string of the molecule is CC(C)(C)OC(=O)N1CCN(C2CNC2)CC1.c1ccc(CN2CCNCC2)nc1. The molecule has 0 spiro atoms. The Morgan fingerprint density at radius 2 is 1.77 bits per heavy atom. The van der Waals surface area contributed by atoms with Crippen molar-refractivity contribution in [3.63, 3.8) is 0 Å². The molecular formula is C22H38N6O2. The summed E-state index contributed by atoms with van der Waals surface area (Å²) in [5.74, 6) is 0. The third-order valence-corrected chi connectivity index (χ3v) is 5.56. The Bertz CT molecular complexity index is 633. The molecule has 3 aliphatic heterocycles. The molecule has 3 fully saturated rings. The second-order valence-electron chi connectivity index (χ2n) is 9.16. The molecule has 0 unspecified atom stereocenters. The number of piperazine rings is 2. The number of hydrogen-bond acceptors (Lipinski definition) is 7. The van der Waals surface area contributed by atoms with Crippen molar-refractivity contribution < 1.29 is 9.53 Å². The van der Waals surface area contributed by atoms with Crippen molar-refractivity contribution in [1.82, 2.24) is 30.3 Å². The van der Waals surface area contributed by atoms with Crippen molar-refractivity contribution in [1.29, 1.82) is 0 Å². The molecular weight excluding hydrogens is 380 g/mol. The van der Waals surface area contributed by atoms with E-state index in [9.17, 15) is 4.79 Å². The molecule has 2 N–H and O–H groups in total. The first-order valence-electron chi connectivity index (χ1n) is 11.2. The minimum Gasteiger partial charge on any atom is -0.444 e. The van der Waals surface area contributed by atoms with Gasteiger partial charge < -0.3 is 20.3 Å². The molecule has 8 nitrogen and oxygen atoms in total. The number of ether oxygens (including phenoxy) is 1. The van der Waals surface area contributed by atoms with Crippen molar-refractivity contribution in [3.05, 3.63) is 30.1 Å². The summed E-state index contributed by atoms with van der Waals surface area (Å²) in [4.78, 5) is 22.9. The van der Waals surface area contributed by atoms with E-state index in [0.29, 0.717) is 6.04 Å². The smallest absolute Gasteiger partial charge is 0.410 e. The van der Waals surface area contributed by atoms with E-state index in [2.05, 4.69) is 31.5 Å². The number of hydrogen-bond donors (Lipinski definition) is 2. The van der Waals surface area contributed by atoms with Crippen LogP contribution in [0.15, 0.2) is 24.4 Å². The van der Waals surface area contributed by atoms with Crippen molar-refractivity contribution in [2.75, 3.05) is 65.4 Å². The van der Waals surface area contributed by atoms with Crippen molar-refractivity contribution in [2.45, 2.75) is 39.0 Å².